The molecule has 2 fully saturated rings. The van der Waals surface area contributed by atoms with Crippen molar-refractivity contribution in [2.75, 3.05) is 31.5 Å². The van der Waals surface area contributed by atoms with Gasteiger partial charge in [-0.05, 0) is 61.1 Å². The van der Waals surface area contributed by atoms with Gasteiger partial charge in [0.2, 0.25) is 0 Å². The standard InChI is InChI=1S/C24H23F6N3O3/c25-23(26,27)19-4-2-1-3-18(19)20(34)32-12-9-22(10-13-32)11-14-33(15-22)21(35)31-16-5-7-17(8-6-16)36-24(28,29)30/h1-8H,9-15H2,(H,31,35). The van der Waals surface area contributed by atoms with E-state index in [0.29, 0.717) is 38.0 Å². The summed E-state index contributed by atoms with van der Waals surface area (Å²) in [5.41, 5.74) is -1.28. The van der Waals surface area contributed by atoms with Crippen LogP contribution in [0.1, 0.15) is 35.2 Å². The maximum absolute atomic E-state index is 13.3. The van der Waals surface area contributed by atoms with Crippen LogP contribution in [0.2, 0.25) is 0 Å². The third-order valence-electron chi connectivity index (χ3n) is 6.64. The zero-order chi connectivity index (χ0) is 26.1. The van der Waals surface area contributed by atoms with E-state index in [1.165, 1.54) is 35.2 Å². The molecule has 2 aliphatic rings. The molecule has 0 bridgehead atoms. The minimum absolute atomic E-state index is 0.248. The van der Waals surface area contributed by atoms with Gasteiger partial charge in [0.1, 0.15) is 5.75 Å². The number of rotatable bonds is 3. The molecule has 2 aromatic carbocycles. The number of nitrogens with one attached hydrogen (secondary N) is 1. The van der Waals surface area contributed by atoms with Crippen LogP contribution < -0.4 is 10.1 Å². The average molecular weight is 515 g/mol. The van der Waals surface area contributed by atoms with Crippen molar-refractivity contribution in [1.29, 1.82) is 0 Å². The summed E-state index contributed by atoms with van der Waals surface area (Å²) in [5, 5.41) is 2.64. The molecule has 0 radical (unpaired) electrons. The lowest BCUT2D eigenvalue weighted by Gasteiger charge is -2.39. The van der Waals surface area contributed by atoms with E-state index in [1.807, 2.05) is 0 Å². The van der Waals surface area contributed by atoms with Gasteiger partial charge < -0.3 is 19.9 Å². The molecule has 1 N–H and O–H groups in total. The van der Waals surface area contributed by atoms with E-state index in [1.54, 1.807) is 4.90 Å². The molecule has 12 heteroatoms. The lowest BCUT2D eigenvalue weighted by Crippen LogP contribution is -2.45. The van der Waals surface area contributed by atoms with E-state index in [4.69, 9.17) is 0 Å². The molecule has 0 aliphatic carbocycles. The number of anilines is 1. The summed E-state index contributed by atoms with van der Waals surface area (Å²) in [6.07, 6.45) is -7.68. The fourth-order valence-electron chi connectivity index (χ4n) is 4.73. The van der Waals surface area contributed by atoms with Crippen molar-refractivity contribution >= 4 is 17.6 Å². The number of hydrogen-bond donors (Lipinski definition) is 1. The van der Waals surface area contributed by atoms with Crippen molar-refractivity contribution < 1.29 is 40.7 Å². The first-order chi connectivity index (χ1) is 16.9. The van der Waals surface area contributed by atoms with Crippen LogP contribution in [0.25, 0.3) is 0 Å². The Balaban J connectivity index is 1.32. The Morgan fingerprint density at radius 1 is 0.833 bits per heavy atom. The summed E-state index contributed by atoms with van der Waals surface area (Å²) in [5.74, 6) is -1.07. The van der Waals surface area contributed by atoms with Crippen LogP contribution in [0.3, 0.4) is 0 Å². The fraction of sp³-hybridized carbons (Fsp3) is 0.417. The Morgan fingerprint density at radius 3 is 2.00 bits per heavy atom. The van der Waals surface area contributed by atoms with Gasteiger partial charge in [0.25, 0.3) is 5.91 Å². The summed E-state index contributed by atoms with van der Waals surface area (Å²) in [6, 6.07) is 9.10. The fourth-order valence-corrected chi connectivity index (χ4v) is 4.73. The minimum Gasteiger partial charge on any atom is -0.406 e. The van der Waals surface area contributed by atoms with Crippen LogP contribution >= 0.6 is 0 Å². The number of carbonyl (C=O) groups is 2. The van der Waals surface area contributed by atoms with Crippen molar-refractivity contribution in [3.05, 3.63) is 59.7 Å². The van der Waals surface area contributed by atoms with Crippen molar-refractivity contribution in [1.82, 2.24) is 9.80 Å². The molecule has 2 aromatic rings. The van der Waals surface area contributed by atoms with Crippen molar-refractivity contribution in [3.8, 4) is 5.75 Å². The molecule has 0 aromatic heterocycles. The number of nitrogens with zero attached hydrogens (tertiary/aromatic N) is 2. The summed E-state index contributed by atoms with van der Waals surface area (Å²) >= 11 is 0. The van der Waals surface area contributed by atoms with Gasteiger partial charge in [-0.1, -0.05) is 12.1 Å². The normalized spacial score (nSPS) is 17.8. The molecule has 194 valence electrons. The smallest absolute Gasteiger partial charge is 0.406 e. The number of carbonyl (C=O) groups excluding carboxylic acids is 2. The van der Waals surface area contributed by atoms with E-state index in [-0.39, 0.29) is 24.1 Å². The molecule has 2 saturated heterocycles. The SMILES string of the molecule is O=C(Nc1ccc(OC(F)(F)F)cc1)N1CCC2(CCN(C(=O)c3ccccc3C(F)(F)F)CC2)C1. The summed E-state index contributed by atoms with van der Waals surface area (Å²) in [4.78, 5) is 28.5. The van der Waals surface area contributed by atoms with Gasteiger partial charge in [0.15, 0.2) is 0 Å². The molecule has 36 heavy (non-hydrogen) atoms. The number of alkyl halides is 6. The number of urea groups is 1. The maximum Gasteiger partial charge on any atom is 0.573 e. The zero-order valence-corrected chi connectivity index (χ0v) is 19.0. The van der Waals surface area contributed by atoms with E-state index in [0.717, 1.165) is 18.2 Å². The first-order valence-corrected chi connectivity index (χ1v) is 11.2. The van der Waals surface area contributed by atoms with E-state index < -0.39 is 35.8 Å². The third kappa shape index (κ3) is 5.85. The Kier molecular flexibility index (Phi) is 6.80. The van der Waals surface area contributed by atoms with Gasteiger partial charge in [0.05, 0.1) is 11.1 Å². The highest BCUT2D eigenvalue weighted by Gasteiger charge is 2.44. The highest BCUT2D eigenvalue weighted by molar-refractivity contribution is 5.96. The van der Waals surface area contributed by atoms with E-state index in [9.17, 15) is 35.9 Å². The Labute approximate surface area is 202 Å². The maximum atomic E-state index is 13.3. The molecule has 6 nitrogen and oxygen atoms in total. The number of amides is 3. The zero-order valence-electron chi connectivity index (χ0n) is 19.0. The van der Waals surface area contributed by atoms with Crippen LogP contribution in [-0.2, 0) is 6.18 Å². The van der Waals surface area contributed by atoms with Gasteiger partial charge >= 0.3 is 18.6 Å². The van der Waals surface area contributed by atoms with Gasteiger partial charge in [-0.15, -0.1) is 13.2 Å². The highest BCUT2D eigenvalue weighted by atomic mass is 19.4. The second kappa shape index (κ2) is 9.55. The molecule has 1 spiro atoms. The number of piperidine rings is 1. The Bertz CT molecular complexity index is 1110. The van der Waals surface area contributed by atoms with Crippen molar-refractivity contribution in [3.63, 3.8) is 0 Å². The van der Waals surface area contributed by atoms with Gasteiger partial charge in [-0.2, -0.15) is 13.2 Å². The molecule has 0 atom stereocenters. The van der Waals surface area contributed by atoms with Crippen molar-refractivity contribution in [2.45, 2.75) is 31.8 Å². The molecule has 4 rings (SSSR count). The molecular formula is C24H23F6N3O3. The first-order valence-electron chi connectivity index (χ1n) is 11.2. The predicted octanol–water partition coefficient (Wildman–Crippen LogP) is 5.76. The monoisotopic (exact) mass is 515 g/mol. The molecule has 2 heterocycles. The number of benzene rings is 2. The van der Waals surface area contributed by atoms with Crippen LogP contribution in [0.4, 0.5) is 36.8 Å². The molecular weight excluding hydrogens is 492 g/mol. The molecule has 2 aliphatic heterocycles. The third-order valence-corrected chi connectivity index (χ3v) is 6.64. The topological polar surface area (TPSA) is 61.9 Å². The number of halogens is 6. The largest absolute Gasteiger partial charge is 0.573 e. The minimum atomic E-state index is -4.81. The first kappa shape index (κ1) is 25.6. The molecule has 0 saturated carbocycles. The second-order valence-electron chi connectivity index (χ2n) is 9.01. The van der Waals surface area contributed by atoms with Crippen LogP contribution in [-0.4, -0.2) is 54.3 Å². The number of ether oxygens (including phenoxy) is 1. The Morgan fingerprint density at radius 2 is 1.42 bits per heavy atom. The lowest BCUT2D eigenvalue weighted by molar-refractivity contribution is -0.274. The lowest BCUT2D eigenvalue weighted by atomic mass is 9.77. The van der Waals surface area contributed by atoms with Gasteiger partial charge in [0, 0.05) is 31.9 Å². The summed E-state index contributed by atoms with van der Waals surface area (Å²) in [6.45, 7) is 1.42. The number of hydrogen-bond acceptors (Lipinski definition) is 3. The Hall–Kier alpha value is -3.44. The molecule has 0 unspecified atom stereocenters. The average Bonchev–Trinajstić information content (AvgIpc) is 3.22. The predicted molar refractivity (Wildman–Crippen MR) is 117 cm³/mol. The quantitative estimate of drug-likeness (QED) is 0.529. The van der Waals surface area contributed by atoms with Crippen LogP contribution in [0.5, 0.6) is 5.75 Å². The van der Waals surface area contributed by atoms with Crippen LogP contribution in [0.15, 0.2) is 48.5 Å². The van der Waals surface area contributed by atoms with E-state index >= 15 is 0 Å². The van der Waals surface area contributed by atoms with Gasteiger partial charge in [-0.25, -0.2) is 4.79 Å². The highest BCUT2D eigenvalue weighted by Crippen LogP contribution is 2.41. The second-order valence-corrected chi connectivity index (χ2v) is 9.01. The van der Waals surface area contributed by atoms with Gasteiger partial charge in [-0.3, -0.25) is 4.79 Å². The van der Waals surface area contributed by atoms with Crippen molar-refractivity contribution in [2.24, 2.45) is 5.41 Å². The van der Waals surface area contributed by atoms with E-state index in [2.05, 4.69) is 10.1 Å². The summed E-state index contributed by atoms with van der Waals surface area (Å²) in [7, 11) is 0. The summed E-state index contributed by atoms with van der Waals surface area (Å²) < 4.78 is 80.6. The number of likely N-dealkylation sites (tertiary alicyclic amines) is 2. The van der Waals surface area contributed by atoms with Crippen LogP contribution in [0, 0.1) is 5.41 Å². The molecule has 3 amide bonds.